The largest absolute Gasteiger partial charge is 0.338 e. The molecule has 104 valence electrons. The Morgan fingerprint density at radius 2 is 1.67 bits per heavy atom. The first-order valence-corrected chi connectivity index (χ1v) is 6.54. The minimum absolute atomic E-state index is 0.0134. The minimum Gasteiger partial charge on any atom is -0.338 e. The fourth-order valence-corrected chi connectivity index (χ4v) is 1.89. The maximum absolute atomic E-state index is 12.0. The van der Waals surface area contributed by atoms with Crippen LogP contribution in [0.2, 0.25) is 0 Å². The summed E-state index contributed by atoms with van der Waals surface area (Å²) in [5.74, 6) is 0.125. The van der Waals surface area contributed by atoms with Crippen LogP contribution in [0.1, 0.15) is 20.8 Å². The summed E-state index contributed by atoms with van der Waals surface area (Å²) in [6, 6.07) is -0.501. The predicted molar refractivity (Wildman–Crippen MR) is 70.0 cm³/mol. The molecule has 0 aromatic carbocycles. The van der Waals surface area contributed by atoms with Crippen LogP contribution in [0.3, 0.4) is 0 Å². The number of rotatable bonds is 3. The van der Waals surface area contributed by atoms with Gasteiger partial charge in [0.15, 0.2) is 0 Å². The molecule has 1 atom stereocenters. The Balaban J connectivity index is 2.44. The maximum atomic E-state index is 12.0. The molecule has 0 aromatic rings. The van der Waals surface area contributed by atoms with Crippen LogP contribution >= 0.6 is 0 Å². The summed E-state index contributed by atoms with van der Waals surface area (Å²) in [4.78, 5) is 27.1. The monoisotopic (exact) mass is 256 g/mol. The average Bonchev–Trinajstić information content (AvgIpc) is 2.37. The summed E-state index contributed by atoms with van der Waals surface area (Å²) in [5.41, 5.74) is 5.85. The van der Waals surface area contributed by atoms with Gasteiger partial charge in [0, 0.05) is 32.7 Å². The second-order valence-corrected chi connectivity index (χ2v) is 4.92. The SMILES string of the molecule is CCNC(=O)N1CCN(C(=O)[C@@H](N)C(C)C)CC1. The van der Waals surface area contributed by atoms with Gasteiger partial charge in [-0.2, -0.15) is 0 Å². The highest BCUT2D eigenvalue weighted by Crippen LogP contribution is 2.07. The van der Waals surface area contributed by atoms with Crippen molar-refractivity contribution >= 4 is 11.9 Å². The van der Waals surface area contributed by atoms with E-state index < -0.39 is 6.04 Å². The maximum Gasteiger partial charge on any atom is 0.317 e. The normalized spacial score (nSPS) is 17.8. The van der Waals surface area contributed by atoms with Crippen LogP contribution in [0.25, 0.3) is 0 Å². The van der Waals surface area contributed by atoms with Crippen molar-refractivity contribution in [2.75, 3.05) is 32.7 Å². The van der Waals surface area contributed by atoms with Crippen molar-refractivity contribution < 1.29 is 9.59 Å². The molecule has 1 rings (SSSR count). The van der Waals surface area contributed by atoms with E-state index in [9.17, 15) is 9.59 Å². The number of amides is 3. The van der Waals surface area contributed by atoms with Gasteiger partial charge >= 0.3 is 6.03 Å². The molecule has 18 heavy (non-hydrogen) atoms. The zero-order chi connectivity index (χ0) is 13.7. The zero-order valence-electron chi connectivity index (χ0n) is 11.5. The summed E-state index contributed by atoms with van der Waals surface area (Å²) in [5, 5.41) is 2.76. The number of hydrogen-bond donors (Lipinski definition) is 2. The quantitative estimate of drug-likeness (QED) is 0.736. The summed E-state index contributed by atoms with van der Waals surface area (Å²) in [6.45, 7) is 8.66. The lowest BCUT2D eigenvalue weighted by atomic mass is 10.0. The number of urea groups is 1. The lowest BCUT2D eigenvalue weighted by Gasteiger charge is -2.36. The van der Waals surface area contributed by atoms with Gasteiger partial charge in [0.05, 0.1) is 6.04 Å². The molecular formula is C12H24N4O2. The fraction of sp³-hybridized carbons (Fsp3) is 0.833. The van der Waals surface area contributed by atoms with E-state index in [1.165, 1.54) is 0 Å². The molecule has 1 aliphatic heterocycles. The molecule has 0 unspecified atom stereocenters. The summed E-state index contributed by atoms with van der Waals surface area (Å²) >= 11 is 0. The summed E-state index contributed by atoms with van der Waals surface area (Å²) in [7, 11) is 0. The molecule has 1 fully saturated rings. The van der Waals surface area contributed by atoms with Gasteiger partial charge in [-0.25, -0.2) is 4.79 Å². The highest BCUT2D eigenvalue weighted by atomic mass is 16.2. The second-order valence-electron chi connectivity index (χ2n) is 4.92. The number of carbonyl (C=O) groups excluding carboxylic acids is 2. The molecule has 0 radical (unpaired) electrons. The Kier molecular flexibility index (Phi) is 5.40. The predicted octanol–water partition coefficient (Wildman–Crippen LogP) is -0.157. The standard InChI is InChI=1S/C12H24N4O2/c1-4-14-12(18)16-7-5-15(6-8-16)11(17)10(13)9(2)3/h9-10H,4-8,13H2,1-3H3,(H,14,18)/t10-/m0/s1. The van der Waals surface area contributed by atoms with E-state index in [1.54, 1.807) is 9.80 Å². The van der Waals surface area contributed by atoms with Gasteiger partial charge in [0.25, 0.3) is 0 Å². The first kappa shape index (κ1) is 14.8. The van der Waals surface area contributed by atoms with Crippen molar-refractivity contribution in [2.24, 2.45) is 11.7 Å². The van der Waals surface area contributed by atoms with Crippen molar-refractivity contribution in [2.45, 2.75) is 26.8 Å². The number of piperazine rings is 1. The van der Waals surface area contributed by atoms with Gasteiger partial charge in [-0.1, -0.05) is 13.8 Å². The first-order chi connectivity index (χ1) is 8.47. The Morgan fingerprint density at radius 1 is 1.17 bits per heavy atom. The van der Waals surface area contributed by atoms with E-state index in [0.717, 1.165) is 0 Å². The Bertz CT molecular complexity index is 298. The molecule has 6 heteroatoms. The van der Waals surface area contributed by atoms with E-state index in [4.69, 9.17) is 5.73 Å². The van der Waals surface area contributed by atoms with Crippen LogP contribution in [0.4, 0.5) is 4.79 Å². The van der Waals surface area contributed by atoms with Gasteiger partial charge in [-0.15, -0.1) is 0 Å². The first-order valence-electron chi connectivity index (χ1n) is 6.54. The summed E-state index contributed by atoms with van der Waals surface area (Å²) < 4.78 is 0. The number of nitrogens with two attached hydrogens (primary N) is 1. The minimum atomic E-state index is -0.444. The molecule has 3 N–H and O–H groups in total. The molecule has 1 saturated heterocycles. The Morgan fingerprint density at radius 3 is 2.11 bits per heavy atom. The van der Waals surface area contributed by atoms with Gasteiger partial charge < -0.3 is 20.9 Å². The second kappa shape index (κ2) is 6.58. The van der Waals surface area contributed by atoms with Crippen molar-refractivity contribution in [3.63, 3.8) is 0 Å². The molecule has 0 bridgehead atoms. The Hall–Kier alpha value is -1.30. The van der Waals surface area contributed by atoms with Crippen molar-refractivity contribution in [3.8, 4) is 0 Å². The topological polar surface area (TPSA) is 78.7 Å². The zero-order valence-corrected chi connectivity index (χ0v) is 11.5. The van der Waals surface area contributed by atoms with E-state index in [0.29, 0.717) is 32.7 Å². The van der Waals surface area contributed by atoms with E-state index in [1.807, 2.05) is 20.8 Å². The lowest BCUT2D eigenvalue weighted by Crippen LogP contribution is -2.56. The third kappa shape index (κ3) is 3.60. The molecule has 0 spiro atoms. The van der Waals surface area contributed by atoms with E-state index in [-0.39, 0.29) is 17.9 Å². The van der Waals surface area contributed by atoms with Crippen LogP contribution in [0.15, 0.2) is 0 Å². The van der Waals surface area contributed by atoms with E-state index >= 15 is 0 Å². The molecule has 0 saturated carbocycles. The van der Waals surface area contributed by atoms with Crippen molar-refractivity contribution in [1.29, 1.82) is 0 Å². The molecule has 0 aromatic heterocycles. The van der Waals surface area contributed by atoms with Crippen LogP contribution in [-0.2, 0) is 4.79 Å². The number of nitrogens with zero attached hydrogens (tertiary/aromatic N) is 2. The van der Waals surface area contributed by atoms with Gasteiger partial charge in [0.1, 0.15) is 0 Å². The fourth-order valence-electron chi connectivity index (χ4n) is 1.89. The number of nitrogens with one attached hydrogen (secondary N) is 1. The molecule has 3 amide bonds. The number of hydrogen-bond acceptors (Lipinski definition) is 3. The number of carbonyl (C=O) groups is 2. The Labute approximate surface area is 108 Å². The van der Waals surface area contributed by atoms with Crippen LogP contribution in [0.5, 0.6) is 0 Å². The van der Waals surface area contributed by atoms with Crippen LogP contribution in [-0.4, -0.2) is 60.5 Å². The highest BCUT2D eigenvalue weighted by Gasteiger charge is 2.28. The van der Waals surface area contributed by atoms with Crippen LogP contribution < -0.4 is 11.1 Å². The smallest absolute Gasteiger partial charge is 0.317 e. The van der Waals surface area contributed by atoms with Crippen molar-refractivity contribution in [1.82, 2.24) is 15.1 Å². The molecular weight excluding hydrogens is 232 g/mol. The van der Waals surface area contributed by atoms with Gasteiger partial charge in [0.2, 0.25) is 5.91 Å². The van der Waals surface area contributed by atoms with Gasteiger partial charge in [-0.3, -0.25) is 4.79 Å². The molecule has 1 heterocycles. The summed E-state index contributed by atoms with van der Waals surface area (Å²) in [6.07, 6.45) is 0. The molecule has 1 aliphatic rings. The average molecular weight is 256 g/mol. The van der Waals surface area contributed by atoms with E-state index in [2.05, 4.69) is 5.32 Å². The third-order valence-electron chi connectivity index (χ3n) is 3.21. The lowest BCUT2D eigenvalue weighted by molar-refractivity contribution is -0.135. The molecule has 6 nitrogen and oxygen atoms in total. The van der Waals surface area contributed by atoms with Crippen molar-refractivity contribution in [3.05, 3.63) is 0 Å². The third-order valence-corrected chi connectivity index (χ3v) is 3.21. The van der Waals surface area contributed by atoms with Crippen LogP contribution in [0, 0.1) is 5.92 Å². The molecule has 0 aliphatic carbocycles. The van der Waals surface area contributed by atoms with Gasteiger partial charge in [-0.05, 0) is 12.8 Å². The highest BCUT2D eigenvalue weighted by molar-refractivity contribution is 5.82.